The average Bonchev–Trinajstić information content (AvgIpc) is 2.37. The molecule has 3 nitrogen and oxygen atoms in total. The van der Waals surface area contributed by atoms with Crippen molar-refractivity contribution in [2.75, 3.05) is 12.3 Å². The highest BCUT2D eigenvalue weighted by atomic mass is 32.2. The number of thioether (sulfide) groups is 1. The molecule has 0 unspecified atom stereocenters. The SMILES string of the molecule is C=CCNC(=O)CSCc1ccc(C#N)cc1. The minimum Gasteiger partial charge on any atom is -0.352 e. The van der Waals surface area contributed by atoms with Gasteiger partial charge in [0, 0.05) is 12.3 Å². The number of hydrogen-bond donors (Lipinski definition) is 1. The molecule has 0 spiro atoms. The summed E-state index contributed by atoms with van der Waals surface area (Å²) in [6, 6.07) is 9.46. The maximum Gasteiger partial charge on any atom is 0.230 e. The summed E-state index contributed by atoms with van der Waals surface area (Å²) in [5.74, 6) is 1.23. The van der Waals surface area contributed by atoms with E-state index in [1.165, 1.54) is 0 Å². The minimum absolute atomic E-state index is 0.0172. The van der Waals surface area contributed by atoms with E-state index in [9.17, 15) is 4.79 Å². The first-order chi connectivity index (χ1) is 8.26. The maximum atomic E-state index is 11.3. The van der Waals surface area contributed by atoms with Crippen molar-refractivity contribution in [2.45, 2.75) is 5.75 Å². The third kappa shape index (κ3) is 5.23. The molecule has 0 heterocycles. The topological polar surface area (TPSA) is 52.9 Å². The summed E-state index contributed by atoms with van der Waals surface area (Å²) in [4.78, 5) is 11.3. The van der Waals surface area contributed by atoms with Gasteiger partial charge in [0.1, 0.15) is 0 Å². The van der Waals surface area contributed by atoms with Crippen LogP contribution < -0.4 is 5.32 Å². The zero-order valence-corrected chi connectivity index (χ0v) is 10.3. The number of benzene rings is 1. The van der Waals surface area contributed by atoms with Crippen LogP contribution in [0.4, 0.5) is 0 Å². The first-order valence-electron chi connectivity index (χ1n) is 5.20. The van der Waals surface area contributed by atoms with Crippen LogP contribution in [0.5, 0.6) is 0 Å². The Morgan fingerprint density at radius 3 is 2.76 bits per heavy atom. The van der Waals surface area contributed by atoms with Crippen LogP contribution in [-0.4, -0.2) is 18.2 Å². The largest absolute Gasteiger partial charge is 0.352 e. The van der Waals surface area contributed by atoms with Crippen LogP contribution >= 0.6 is 11.8 Å². The Morgan fingerprint density at radius 1 is 1.47 bits per heavy atom. The van der Waals surface area contributed by atoms with Crippen LogP contribution in [0.2, 0.25) is 0 Å². The third-order valence-electron chi connectivity index (χ3n) is 2.03. The molecular weight excluding hydrogens is 232 g/mol. The number of carbonyl (C=O) groups is 1. The van der Waals surface area contributed by atoms with Gasteiger partial charge >= 0.3 is 0 Å². The molecule has 0 aliphatic heterocycles. The van der Waals surface area contributed by atoms with Gasteiger partial charge in [-0.25, -0.2) is 0 Å². The van der Waals surface area contributed by atoms with E-state index in [4.69, 9.17) is 5.26 Å². The predicted molar refractivity (Wildman–Crippen MR) is 70.5 cm³/mol. The van der Waals surface area contributed by atoms with Crippen LogP contribution in [-0.2, 0) is 10.5 Å². The number of nitriles is 1. The lowest BCUT2D eigenvalue weighted by Gasteiger charge is -2.03. The molecule has 1 aromatic carbocycles. The Balaban J connectivity index is 2.28. The first kappa shape index (κ1) is 13.3. The van der Waals surface area contributed by atoms with E-state index < -0.39 is 0 Å². The molecule has 17 heavy (non-hydrogen) atoms. The highest BCUT2D eigenvalue weighted by molar-refractivity contribution is 7.99. The molecule has 0 radical (unpaired) electrons. The summed E-state index contributed by atoms with van der Waals surface area (Å²) in [7, 11) is 0. The predicted octanol–water partition coefficient (Wildman–Crippen LogP) is 2.09. The molecule has 0 saturated carbocycles. The van der Waals surface area contributed by atoms with E-state index in [2.05, 4.69) is 18.0 Å². The van der Waals surface area contributed by atoms with Gasteiger partial charge in [0.05, 0.1) is 17.4 Å². The van der Waals surface area contributed by atoms with Crippen molar-refractivity contribution in [2.24, 2.45) is 0 Å². The molecule has 0 bridgehead atoms. The Labute approximate surface area is 106 Å². The summed E-state index contributed by atoms with van der Waals surface area (Å²) >= 11 is 1.55. The third-order valence-corrected chi connectivity index (χ3v) is 3.03. The molecule has 0 saturated heterocycles. The summed E-state index contributed by atoms with van der Waals surface area (Å²) in [5.41, 5.74) is 1.77. The van der Waals surface area contributed by atoms with E-state index in [-0.39, 0.29) is 5.91 Å². The normalized spacial score (nSPS) is 9.35. The summed E-state index contributed by atoms with van der Waals surface area (Å²) < 4.78 is 0. The summed E-state index contributed by atoms with van der Waals surface area (Å²) in [6.07, 6.45) is 1.66. The van der Waals surface area contributed by atoms with Crippen molar-refractivity contribution in [1.29, 1.82) is 5.26 Å². The van der Waals surface area contributed by atoms with Crippen molar-refractivity contribution in [1.82, 2.24) is 5.32 Å². The molecule has 0 aliphatic rings. The molecule has 0 aliphatic carbocycles. The van der Waals surface area contributed by atoms with Gasteiger partial charge < -0.3 is 5.32 Å². The second-order valence-electron chi connectivity index (χ2n) is 3.39. The number of hydrogen-bond acceptors (Lipinski definition) is 3. The lowest BCUT2D eigenvalue weighted by atomic mass is 10.2. The molecule has 1 N–H and O–H groups in total. The Hall–Kier alpha value is -1.73. The molecule has 1 aromatic rings. The number of amides is 1. The van der Waals surface area contributed by atoms with Gasteiger partial charge in [-0.3, -0.25) is 4.79 Å². The molecule has 1 rings (SSSR count). The van der Waals surface area contributed by atoms with Gasteiger partial charge in [-0.05, 0) is 17.7 Å². The van der Waals surface area contributed by atoms with Gasteiger partial charge in [-0.2, -0.15) is 5.26 Å². The number of carbonyl (C=O) groups excluding carboxylic acids is 1. The Morgan fingerprint density at radius 2 is 2.18 bits per heavy atom. The lowest BCUT2D eigenvalue weighted by molar-refractivity contribution is -0.118. The van der Waals surface area contributed by atoms with Crippen LogP contribution in [0.3, 0.4) is 0 Å². The molecule has 0 fully saturated rings. The van der Waals surface area contributed by atoms with Gasteiger partial charge in [-0.15, -0.1) is 18.3 Å². The minimum atomic E-state index is 0.0172. The van der Waals surface area contributed by atoms with Crippen LogP contribution in [0, 0.1) is 11.3 Å². The van der Waals surface area contributed by atoms with Crippen molar-refractivity contribution in [3.8, 4) is 6.07 Å². The summed E-state index contributed by atoms with van der Waals surface area (Å²) in [6.45, 7) is 4.04. The second kappa shape index (κ2) is 7.53. The highest BCUT2D eigenvalue weighted by Gasteiger charge is 2.00. The fourth-order valence-corrected chi connectivity index (χ4v) is 1.99. The van der Waals surface area contributed by atoms with Gasteiger partial charge in [-0.1, -0.05) is 18.2 Å². The van der Waals surface area contributed by atoms with E-state index in [0.29, 0.717) is 17.9 Å². The quantitative estimate of drug-likeness (QED) is 0.782. The number of nitrogens with zero attached hydrogens (tertiary/aromatic N) is 1. The Kier molecular flexibility index (Phi) is 5.91. The van der Waals surface area contributed by atoms with E-state index in [1.54, 1.807) is 30.0 Å². The smallest absolute Gasteiger partial charge is 0.230 e. The average molecular weight is 246 g/mol. The van der Waals surface area contributed by atoms with Crippen molar-refractivity contribution in [3.63, 3.8) is 0 Å². The molecule has 0 atom stereocenters. The Bertz CT molecular complexity index is 420. The molecule has 0 aromatic heterocycles. The monoisotopic (exact) mass is 246 g/mol. The van der Waals surface area contributed by atoms with Crippen LogP contribution in [0.15, 0.2) is 36.9 Å². The molecular formula is C13H14N2OS. The van der Waals surface area contributed by atoms with Crippen molar-refractivity contribution >= 4 is 17.7 Å². The second-order valence-corrected chi connectivity index (χ2v) is 4.38. The number of rotatable bonds is 6. The zero-order valence-electron chi connectivity index (χ0n) is 9.48. The summed E-state index contributed by atoms with van der Waals surface area (Å²) in [5, 5.41) is 11.4. The fourth-order valence-electron chi connectivity index (χ4n) is 1.17. The molecule has 88 valence electrons. The first-order valence-corrected chi connectivity index (χ1v) is 6.36. The van der Waals surface area contributed by atoms with Gasteiger partial charge in [0.15, 0.2) is 0 Å². The highest BCUT2D eigenvalue weighted by Crippen LogP contribution is 2.12. The van der Waals surface area contributed by atoms with Crippen molar-refractivity contribution < 1.29 is 4.79 Å². The van der Waals surface area contributed by atoms with E-state index >= 15 is 0 Å². The van der Waals surface area contributed by atoms with Gasteiger partial charge in [0.2, 0.25) is 5.91 Å². The molecule has 1 amide bonds. The van der Waals surface area contributed by atoms with Crippen molar-refractivity contribution in [3.05, 3.63) is 48.0 Å². The zero-order chi connectivity index (χ0) is 12.5. The lowest BCUT2D eigenvalue weighted by Crippen LogP contribution is -2.24. The van der Waals surface area contributed by atoms with Crippen LogP contribution in [0.1, 0.15) is 11.1 Å². The van der Waals surface area contributed by atoms with Crippen LogP contribution in [0.25, 0.3) is 0 Å². The van der Waals surface area contributed by atoms with Gasteiger partial charge in [0.25, 0.3) is 0 Å². The standard InChI is InChI=1S/C13H14N2OS/c1-2-7-15-13(16)10-17-9-12-5-3-11(8-14)4-6-12/h2-6H,1,7,9-10H2,(H,15,16). The number of nitrogens with one attached hydrogen (secondary N) is 1. The van der Waals surface area contributed by atoms with E-state index in [1.807, 2.05) is 12.1 Å². The fraction of sp³-hybridized carbons (Fsp3) is 0.231. The van der Waals surface area contributed by atoms with E-state index in [0.717, 1.165) is 11.3 Å². The maximum absolute atomic E-state index is 11.3. The molecule has 4 heteroatoms.